The van der Waals surface area contributed by atoms with E-state index in [-0.39, 0.29) is 5.91 Å². The summed E-state index contributed by atoms with van der Waals surface area (Å²) < 4.78 is 11.3. The van der Waals surface area contributed by atoms with Crippen molar-refractivity contribution in [3.05, 3.63) is 83.6 Å². The number of ether oxygens (including phenoxy) is 2. The monoisotopic (exact) mass is 417 g/mol. The number of nitrogens with one attached hydrogen (secondary N) is 1. The zero-order valence-corrected chi connectivity index (χ0v) is 16.9. The van der Waals surface area contributed by atoms with Crippen LogP contribution in [0.15, 0.2) is 66.9 Å². The zero-order valence-electron chi connectivity index (χ0n) is 16.9. The number of rotatable bonds is 9. The van der Waals surface area contributed by atoms with Crippen LogP contribution in [0.2, 0.25) is 0 Å². The lowest BCUT2D eigenvalue weighted by atomic mass is 10.2. The number of aromatic nitrogens is 1. The molecule has 3 aromatic rings. The van der Waals surface area contributed by atoms with E-state index >= 15 is 0 Å². The van der Waals surface area contributed by atoms with E-state index in [0.29, 0.717) is 41.0 Å². The average Bonchev–Trinajstić information content (AvgIpc) is 3.62. The van der Waals surface area contributed by atoms with Crippen LogP contribution in [0.25, 0.3) is 0 Å². The van der Waals surface area contributed by atoms with Crippen molar-refractivity contribution >= 4 is 11.8 Å². The fraction of sp³-hybridized carbons (Fsp3) is 0.208. The summed E-state index contributed by atoms with van der Waals surface area (Å²) in [5.74, 6) is 1.76. The van der Waals surface area contributed by atoms with Crippen molar-refractivity contribution in [2.45, 2.75) is 19.4 Å². The second-order valence-corrected chi connectivity index (χ2v) is 7.46. The van der Waals surface area contributed by atoms with Gasteiger partial charge in [0.1, 0.15) is 11.5 Å². The van der Waals surface area contributed by atoms with E-state index < -0.39 is 5.91 Å². The van der Waals surface area contributed by atoms with Crippen LogP contribution >= 0.6 is 0 Å². The molecule has 31 heavy (non-hydrogen) atoms. The number of carbonyl (C=O) groups excluding carboxylic acids is 2. The highest BCUT2D eigenvalue weighted by atomic mass is 16.5. The lowest BCUT2D eigenvalue weighted by Crippen LogP contribution is -2.22. The van der Waals surface area contributed by atoms with Gasteiger partial charge in [-0.05, 0) is 72.9 Å². The fourth-order valence-electron chi connectivity index (χ4n) is 2.87. The van der Waals surface area contributed by atoms with E-state index in [1.54, 1.807) is 54.7 Å². The average molecular weight is 417 g/mol. The Morgan fingerprint density at radius 1 is 0.935 bits per heavy atom. The van der Waals surface area contributed by atoms with Gasteiger partial charge in [0.25, 0.3) is 5.91 Å². The Hall–Kier alpha value is -3.87. The Labute approximate surface area is 180 Å². The van der Waals surface area contributed by atoms with E-state index in [1.165, 1.54) is 12.8 Å². The summed E-state index contributed by atoms with van der Waals surface area (Å²) in [5.41, 5.74) is 7.06. The summed E-state index contributed by atoms with van der Waals surface area (Å²) >= 11 is 0. The molecule has 2 aromatic carbocycles. The highest BCUT2D eigenvalue weighted by Crippen LogP contribution is 2.29. The first-order valence-corrected chi connectivity index (χ1v) is 10.1. The lowest BCUT2D eigenvalue weighted by molar-refractivity contribution is 0.0949. The van der Waals surface area contributed by atoms with E-state index in [4.69, 9.17) is 15.2 Å². The second-order valence-electron chi connectivity index (χ2n) is 7.46. The molecule has 1 fully saturated rings. The first-order chi connectivity index (χ1) is 15.1. The zero-order chi connectivity index (χ0) is 21.6. The lowest BCUT2D eigenvalue weighted by Gasteiger charge is -2.09. The van der Waals surface area contributed by atoms with Gasteiger partial charge in [-0.15, -0.1) is 0 Å². The first-order valence-electron chi connectivity index (χ1n) is 10.1. The van der Waals surface area contributed by atoms with Gasteiger partial charge in [0.15, 0.2) is 0 Å². The van der Waals surface area contributed by atoms with Crippen LogP contribution < -0.4 is 20.5 Å². The fourth-order valence-corrected chi connectivity index (χ4v) is 2.87. The summed E-state index contributed by atoms with van der Waals surface area (Å²) in [4.78, 5) is 27.8. The number of nitrogens with two attached hydrogens (primary N) is 1. The van der Waals surface area contributed by atoms with Crippen molar-refractivity contribution in [1.82, 2.24) is 10.3 Å². The molecule has 1 saturated carbocycles. The Morgan fingerprint density at radius 3 is 2.13 bits per heavy atom. The highest BCUT2D eigenvalue weighted by molar-refractivity contribution is 5.94. The maximum atomic E-state index is 12.4. The molecular weight excluding hydrogens is 394 g/mol. The van der Waals surface area contributed by atoms with Gasteiger partial charge >= 0.3 is 0 Å². The third kappa shape index (κ3) is 5.82. The van der Waals surface area contributed by atoms with Gasteiger partial charge in [0.2, 0.25) is 11.8 Å². The van der Waals surface area contributed by atoms with Crippen molar-refractivity contribution in [3.8, 4) is 17.4 Å². The molecule has 158 valence electrons. The maximum absolute atomic E-state index is 12.4. The number of carbonyl (C=O) groups is 2. The van der Waals surface area contributed by atoms with Gasteiger partial charge in [-0.2, -0.15) is 0 Å². The smallest absolute Gasteiger partial charge is 0.251 e. The van der Waals surface area contributed by atoms with Gasteiger partial charge in [-0.1, -0.05) is 6.07 Å². The molecule has 0 saturated heterocycles. The minimum Gasteiger partial charge on any atom is -0.477 e. The molecule has 2 amide bonds. The predicted molar refractivity (Wildman–Crippen MR) is 115 cm³/mol. The minimum absolute atomic E-state index is 0.188. The standard InChI is InChI=1S/C24H23N3O4/c25-23(28)18-4-8-20(9-5-18)31-21-10-6-19(7-11-21)24(29)27-14-17-3-12-22(26-13-17)30-15-16-1-2-16/h3-13,16H,1-2,14-15H2,(H2,25,28)(H,27,29). The molecule has 7 heteroatoms. The third-order valence-electron chi connectivity index (χ3n) is 4.91. The van der Waals surface area contributed by atoms with Crippen LogP contribution in [0, 0.1) is 5.92 Å². The summed E-state index contributed by atoms with van der Waals surface area (Å²) in [7, 11) is 0. The molecule has 1 aliphatic rings. The van der Waals surface area contributed by atoms with Crippen LogP contribution in [-0.2, 0) is 6.54 Å². The predicted octanol–water partition coefficient (Wildman–Crippen LogP) is 3.69. The molecule has 1 heterocycles. The number of benzene rings is 2. The van der Waals surface area contributed by atoms with Crippen LogP contribution in [0.5, 0.6) is 17.4 Å². The van der Waals surface area contributed by atoms with Gasteiger partial charge in [-0.25, -0.2) is 4.98 Å². The van der Waals surface area contributed by atoms with Crippen LogP contribution in [0.4, 0.5) is 0 Å². The molecule has 0 bridgehead atoms. The number of primary amides is 1. The molecule has 0 unspecified atom stereocenters. The Bertz CT molecular complexity index is 1040. The van der Waals surface area contributed by atoms with E-state index in [1.807, 2.05) is 12.1 Å². The summed E-state index contributed by atoms with van der Waals surface area (Å²) in [6.07, 6.45) is 4.19. The number of hydrogen-bond donors (Lipinski definition) is 2. The molecule has 1 aliphatic carbocycles. The van der Waals surface area contributed by atoms with Crippen molar-refractivity contribution < 1.29 is 19.1 Å². The largest absolute Gasteiger partial charge is 0.477 e. The minimum atomic E-state index is -0.490. The number of pyridine rings is 1. The van der Waals surface area contributed by atoms with Crippen LogP contribution in [0.3, 0.4) is 0 Å². The topological polar surface area (TPSA) is 104 Å². The van der Waals surface area contributed by atoms with Crippen molar-refractivity contribution in [2.75, 3.05) is 6.61 Å². The summed E-state index contributed by atoms with van der Waals surface area (Å²) in [6.45, 7) is 1.10. The van der Waals surface area contributed by atoms with E-state index in [0.717, 1.165) is 12.2 Å². The number of nitrogens with zero attached hydrogens (tertiary/aromatic N) is 1. The van der Waals surface area contributed by atoms with Gasteiger partial charge in [0.05, 0.1) is 6.61 Å². The summed E-state index contributed by atoms with van der Waals surface area (Å²) in [5, 5.41) is 2.88. The molecule has 0 aliphatic heterocycles. The molecule has 4 rings (SSSR count). The third-order valence-corrected chi connectivity index (χ3v) is 4.91. The normalized spacial score (nSPS) is 12.8. The van der Waals surface area contributed by atoms with E-state index in [9.17, 15) is 9.59 Å². The molecule has 0 radical (unpaired) electrons. The van der Waals surface area contributed by atoms with Gasteiger partial charge in [-0.3, -0.25) is 9.59 Å². The van der Waals surface area contributed by atoms with Crippen molar-refractivity contribution in [1.29, 1.82) is 0 Å². The Kier molecular flexibility index (Phi) is 6.12. The second kappa shape index (κ2) is 9.30. The maximum Gasteiger partial charge on any atom is 0.251 e. The van der Waals surface area contributed by atoms with Crippen LogP contribution in [0.1, 0.15) is 39.1 Å². The first kappa shape index (κ1) is 20.4. The molecule has 1 aromatic heterocycles. The number of hydrogen-bond acceptors (Lipinski definition) is 5. The Balaban J connectivity index is 1.27. The molecule has 3 N–H and O–H groups in total. The SMILES string of the molecule is NC(=O)c1ccc(Oc2ccc(C(=O)NCc3ccc(OCC4CC4)nc3)cc2)cc1. The quantitative estimate of drug-likeness (QED) is 0.553. The number of amides is 2. The van der Waals surface area contributed by atoms with E-state index in [2.05, 4.69) is 10.3 Å². The van der Waals surface area contributed by atoms with Gasteiger partial charge in [0, 0.05) is 29.9 Å². The molecule has 0 atom stereocenters. The highest BCUT2D eigenvalue weighted by Gasteiger charge is 2.22. The molecular formula is C24H23N3O4. The van der Waals surface area contributed by atoms with Crippen LogP contribution in [-0.4, -0.2) is 23.4 Å². The Morgan fingerprint density at radius 2 is 1.58 bits per heavy atom. The summed E-state index contributed by atoms with van der Waals surface area (Å²) in [6, 6.07) is 17.1. The van der Waals surface area contributed by atoms with Gasteiger partial charge < -0.3 is 20.5 Å². The van der Waals surface area contributed by atoms with Crippen molar-refractivity contribution in [3.63, 3.8) is 0 Å². The molecule has 0 spiro atoms. The molecule has 7 nitrogen and oxygen atoms in total. The van der Waals surface area contributed by atoms with Crippen molar-refractivity contribution in [2.24, 2.45) is 11.7 Å².